The molecule has 0 unspecified atom stereocenters. The predicted octanol–water partition coefficient (Wildman–Crippen LogP) is 3.15. The van der Waals surface area contributed by atoms with E-state index in [2.05, 4.69) is 24.9 Å². The highest BCUT2D eigenvalue weighted by Crippen LogP contribution is 2.31. The highest BCUT2D eigenvalue weighted by molar-refractivity contribution is 5.46. The molecule has 18 heavy (non-hydrogen) atoms. The van der Waals surface area contributed by atoms with Gasteiger partial charge in [0.1, 0.15) is 6.61 Å². The lowest BCUT2D eigenvalue weighted by Gasteiger charge is -2.14. The molecule has 0 bridgehead atoms. The normalized spacial score (nSPS) is 10.1. The third kappa shape index (κ3) is 4.41. The van der Waals surface area contributed by atoms with Crippen molar-refractivity contribution in [3.05, 3.63) is 36.4 Å². The zero-order valence-corrected chi connectivity index (χ0v) is 11.4. The van der Waals surface area contributed by atoms with Crippen molar-refractivity contribution in [2.45, 2.75) is 26.3 Å². The first-order valence-corrected chi connectivity index (χ1v) is 6.43. The van der Waals surface area contributed by atoms with Crippen LogP contribution < -0.4 is 14.8 Å². The van der Waals surface area contributed by atoms with Crippen LogP contribution in [0.25, 0.3) is 0 Å². The van der Waals surface area contributed by atoms with E-state index in [1.165, 1.54) is 12.8 Å². The van der Waals surface area contributed by atoms with Crippen LogP contribution in [0, 0.1) is 0 Å². The summed E-state index contributed by atoms with van der Waals surface area (Å²) in [6.07, 6.45) is 4.12. The van der Waals surface area contributed by atoms with Gasteiger partial charge in [-0.25, -0.2) is 0 Å². The number of hydrogen-bond acceptors (Lipinski definition) is 3. The average Bonchev–Trinajstić information content (AvgIpc) is 2.41. The van der Waals surface area contributed by atoms with Gasteiger partial charge in [0.25, 0.3) is 0 Å². The van der Waals surface area contributed by atoms with Crippen molar-refractivity contribution in [2.24, 2.45) is 0 Å². The summed E-state index contributed by atoms with van der Waals surface area (Å²) in [6.45, 7) is 8.16. The quantitative estimate of drug-likeness (QED) is 0.538. The molecule has 0 aliphatic rings. The molecule has 0 fully saturated rings. The Balaban J connectivity index is 2.71. The van der Waals surface area contributed by atoms with Crippen molar-refractivity contribution in [2.75, 3.05) is 20.3 Å². The summed E-state index contributed by atoms with van der Waals surface area (Å²) in [5.41, 5.74) is 1.12. The zero-order chi connectivity index (χ0) is 13.2. The number of nitrogens with one attached hydrogen (secondary N) is 1. The maximum absolute atomic E-state index is 5.68. The third-order valence-corrected chi connectivity index (χ3v) is 2.65. The fraction of sp³-hybridized carbons (Fsp3) is 0.467. The minimum Gasteiger partial charge on any atom is -0.493 e. The Labute approximate surface area is 110 Å². The number of hydrogen-bond donors (Lipinski definition) is 1. The maximum Gasteiger partial charge on any atom is 0.166 e. The summed E-state index contributed by atoms with van der Waals surface area (Å²) in [6, 6.07) is 5.95. The van der Waals surface area contributed by atoms with Crippen LogP contribution in [0.3, 0.4) is 0 Å². The molecule has 0 atom stereocenters. The van der Waals surface area contributed by atoms with Gasteiger partial charge in [0.2, 0.25) is 0 Å². The van der Waals surface area contributed by atoms with Gasteiger partial charge in [-0.2, -0.15) is 0 Å². The van der Waals surface area contributed by atoms with Crippen LogP contribution in [-0.4, -0.2) is 20.3 Å². The fourth-order valence-electron chi connectivity index (χ4n) is 1.69. The SMILES string of the molecule is C=CCOc1c(CNCCCC)cccc1OC. The Morgan fingerprint density at radius 1 is 1.39 bits per heavy atom. The van der Waals surface area contributed by atoms with Gasteiger partial charge in [0.05, 0.1) is 7.11 Å². The van der Waals surface area contributed by atoms with Gasteiger partial charge in [0.15, 0.2) is 11.5 Å². The van der Waals surface area contributed by atoms with Crippen molar-refractivity contribution in [3.63, 3.8) is 0 Å². The summed E-state index contributed by atoms with van der Waals surface area (Å²) in [7, 11) is 1.66. The molecule has 0 saturated carbocycles. The van der Waals surface area contributed by atoms with E-state index in [1.807, 2.05) is 12.1 Å². The van der Waals surface area contributed by atoms with Crippen molar-refractivity contribution < 1.29 is 9.47 Å². The van der Waals surface area contributed by atoms with Gasteiger partial charge < -0.3 is 14.8 Å². The summed E-state index contributed by atoms with van der Waals surface area (Å²) < 4.78 is 11.0. The third-order valence-electron chi connectivity index (χ3n) is 2.65. The van der Waals surface area contributed by atoms with Crippen LogP contribution >= 0.6 is 0 Å². The van der Waals surface area contributed by atoms with E-state index in [0.29, 0.717) is 6.61 Å². The Kier molecular flexibility index (Phi) is 6.96. The summed E-state index contributed by atoms with van der Waals surface area (Å²) in [5.74, 6) is 1.58. The Hall–Kier alpha value is -1.48. The number of para-hydroxylation sites is 1. The zero-order valence-electron chi connectivity index (χ0n) is 11.4. The minimum atomic E-state index is 0.488. The topological polar surface area (TPSA) is 30.5 Å². The molecule has 0 aliphatic heterocycles. The van der Waals surface area contributed by atoms with Crippen LogP contribution in [0.4, 0.5) is 0 Å². The predicted molar refractivity (Wildman–Crippen MR) is 75.3 cm³/mol. The molecule has 0 radical (unpaired) electrons. The van der Waals surface area contributed by atoms with E-state index in [0.717, 1.165) is 30.2 Å². The molecule has 0 spiro atoms. The summed E-state index contributed by atoms with van der Waals surface area (Å²) in [5, 5.41) is 3.41. The molecule has 0 heterocycles. The summed E-state index contributed by atoms with van der Waals surface area (Å²) >= 11 is 0. The van der Waals surface area contributed by atoms with E-state index >= 15 is 0 Å². The molecular weight excluding hydrogens is 226 g/mol. The smallest absolute Gasteiger partial charge is 0.166 e. The molecule has 0 aromatic heterocycles. The molecule has 1 rings (SSSR count). The van der Waals surface area contributed by atoms with Crippen LogP contribution in [0.2, 0.25) is 0 Å². The molecule has 0 aliphatic carbocycles. The standard InChI is InChI=1S/C15H23NO2/c1-4-6-10-16-12-13-8-7-9-14(17-3)15(13)18-11-5-2/h5,7-9,16H,2,4,6,10-12H2,1,3H3. The second-order valence-electron chi connectivity index (χ2n) is 4.08. The van der Waals surface area contributed by atoms with Crippen LogP contribution in [0.15, 0.2) is 30.9 Å². The van der Waals surface area contributed by atoms with Crippen molar-refractivity contribution >= 4 is 0 Å². The van der Waals surface area contributed by atoms with E-state index in [1.54, 1.807) is 13.2 Å². The molecule has 100 valence electrons. The number of methoxy groups -OCH3 is 1. The van der Waals surface area contributed by atoms with Gasteiger partial charge in [-0.3, -0.25) is 0 Å². The van der Waals surface area contributed by atoms with Gasteiger partial charge >= 0.3 is 0 Å². The van der Waals surface area contributed by atoms with Gasteiger partial charge in [-0.15, -0.1) is 0 Å². The van der Waals surface area contributed by atoms with Gasteiger partial charge in [-0.05, 0) is 19.0 Å². The van der Waals surface area contributed by atoms with Crippen LogP contribution in [0.1, 0.15) is 25.3 Å². The number of benzene rings is 1. The Morgan fingerprint density at radius 3 is 2.89 bits per heavy atom. The molecule has 1 N–H and O–H groups in total. The molecule has 3 nitrogen and oxygen atoms in total. The lowest BCUT2D eigenvalue weighted by atomic mass is 10.2. The molecular formula is C15H23NO2. The molecule has 0 saturated heterocycles. The first kappa shape index (κ1) is 14.6. The van der Waals surface area contributed by atoms with Crippen LogP contribution in [-0.2, 0) is 6.54 Å². The van der Waals surface area contributed by atoms with E-state index in [-0.39, 0.29) is 0 Å². The highest BCUT2D eigenvalue weighted by Gasteiger charge is 2.09. The van der Waals surface area contributed by atoms with Crippen LogP contribution in [0.5, 0.6) is 11.5 Å². The molecule has 1 aromatic rings. The molecule has 1 aromatic carbocycles. The lowest BCUT2D eigenvalue weighted by Crippen LogP contribution is -2.15. The largest absolute Gasteiger partial charge is 0.493 e. The van der Waals surface area contributed by atoms with Crippen molar-refractivity contribution in [1.82, 2.24) is 5.32 Å². The monoisotopic (exact) mass is 249 g/mol. The van der Waals surface area contributed by atoms with E-state index in [4.69, 9.17) is 9.47 Å². The lowest BCUT2D eigenvalue weighted by molar-refractivity contribution is 0.322. The fourth-order valence-corrected chi connectivity index (χ4v) is 1.69. The number of unbranched alkanes of at least 4 members (excludes halogenated alkanes) is 1. The Morgan fingerprint density at radius 2 is 2.22 bits per heavy atom. The number of ether oxygens (including phenoxy) is 2. The van der Waals surface area contributed by atoms with Crippen molar-refractivity contribution in [1.29, 1.82) is 0 Å². The number of rotatable bonds is 9. The first-order chi connectivity index (χ1) is 8.83. The summed E-state index contributed by atoms with van der Waals surface area (Å²) in [4.78, 5) is 0. The van der Waals surface area contributed by atoms with E-state index < -0.39 is 0 Å². The second-order valence-corrected chi connectivity index (χ2v) is 4.08. The Bertz CT molecular complexity index is 364. The average molecular weight is 249 g/mol. The van der Waals surface area contributed by atoms with E-state index in [9.17, 15) is 0 Å². The van der Waals surface area contributed by atoms with Crippen molar-refractivity contribution in [3.8, 4) is 11.5 Å². The first-order valence-electron chi connectivity index (χ1n) is 6.43. The maximum atomic E-state index is 5.68. The second kappa shape index (κ2) is 8.59. The van der Waals surface area contributed by atoms with Gasteiger partial charge in [-0.1, -0.05) is 38.1 Å². The highest BCUT2D eigenvalue weighted by atomic mass is 16.5. The molecule has 0 amide bonds. The molecule has 3 heteroatoms. The minimum absolute atomic E-state index is 0.488. The van der Waals surface area contributed by atoms with Gasteiger partial charge in [0, 0.05) is 12.1 Å².